The average Bonchev–Trinajstić information content (AvgIpc) is 2.53. The average molecular weight is 421 g/mol. The predicted octanol–water partition coefficient (Wildman–Crippen LogP) is 4.30. The Hall–Kier alpha value is -2.10. The number of carbonyl (C=O) groups is 1. The van der Waals surface area contributed by atoms with Gasteiger partial charge in [-0.05, 0) is 50.2 Å². The molecule has 10 heteroatoms. The fourth-order valence-corrected chi connectivity index (χ4v) is 3.68. The van der Waals surface area contributed by atoms with Crippen LogP contribution in [0.1, 0.15) is 29.8 Å². The van der Waals surface area contributed by atoms with Gasteiger partial charge in [-0.15, -0.1) is 0 Å². The first kappa shape index (κ1) is 21.2. The Bertz CT molecular complexity index is 960. The van der Waals surface area contributed by atoms with E-state index in [4.69, 9.17) is 11.6 Å². The minimum Gasteiger partial charge on any atom is -0.322 e. The minimum absolute atomic E-state index is 0.0389. The lowest BCUT2D eigenvalue weighted by molar-refractivity contribution is -0.137. The Balaban J connectivity index is 2.33. The summed E-state index contributed by atoms with van der Waals surface area (Å²) in [5, 5.41) is 2.25. The zero-order valence-corrected chi connectivity index (χ0v) is 15.8. The normalized spacial score (nSPS) is 12.3. The molecule has 0 fully saturated rings. The summed E-state index contributed by atoms with van der Waals surface area (Å²) in [6, 6.07) is 7.23. The van der Waals surface area contributed by atoms with E-state index in [2.05, 4.69) is 10.0 Å². The highest BCUT2D eigenvalue weighted by molar-refractivity contribution is 7.89. The fourth-order valence-electron chi connectivity index (χ4n) is 2.20. The number of carbonyl (C=O) groups excluding carboxylic acids is 1. The monoisotopic (exact) mass is 420 g/mol. The Morgan fingerprint density at radius 3 is 2.37 bits per heavy atom. The van der Waals surface area contributed by atoms with E-state index in [1.54, 1.807) is 13.8 Å². The number of nitrogens with one attached hydrogen (secondary N) is 2. The molecule has 1 amide bonds. The molecule has 0 aliphatic heterocycles. The summed E-state index contributed by atoms with van der Waals surface area (Å²) in [7, 11) is -3.87. The lowest BCUT2D eigenvalue weighted by Gasteiger charge is -2.13. The van der Waals surface area contributed by atoms with Crippen LogP contribution in [0.15, 0.2) is 47.4 Å². The summed E-state index contributed by atoms with van der Waals surface area (Å²) < 4.78 is 65.1. The van der Waals surface area contributed by atoms with Gasteiger partial charge in [0.1, 0.15) is 0 Å². The molecule has 0 atom stereocenters. The third-order valence-electron chi connectivity index (χ3n) is 3.33. The number of rotatable bonds is 5. The molecule has 0 aromatic heterocycles. The Morgan fingerprint density at radius 1 is 1.11 bits per heavy atom. The van der Waals surface area contributed by atoms with Crippen LogP contribution in [0.25, 0.3) is 0 Å². The summed E-state index contributed by atoms with van der Waals surface area (Å²) in [6.45, 7) is 3.27. The van der Waals surface area contributed by atoms with Gasteiger partial charge in [0.05, 0.1) is 21.0 Å². The molecule has 0 radical (unpaired) electrons. The third-order valence-corrected chi connectivity index (χ3v) is 5.32. The van der Waals surface area contributed by atoms with Crippen LogP contribution in [0.5, 0.6) is 0 Å². The second-order valence-corrected chi connectivity index (χ2v) is 8.07. The zero-order valence-electron chi connectivity index (χ0n) is 14.3. The molecule has 2 rings (SSSR count). The van der Waals surface area contributed by atoms with E-state index < -0.39 is 27.7 Å². The van der Waals surface area contributed by atoms with Crippen molar-refractivity contribution in [3.63, 3.8) is 0 Å². The molecule has 27 heavy (non-hydrogen) atoms. The maximum Gasteiger partial charge on any atom is 0.416 e. The van der Waals surface area contributed by atoms with Crippen molar-refractivity contribution in [2.45, 2.75) is 31.0 Å². The van der Waals surface area contributed by atoms with Gasteiger partial charge in [0.15, 0.2) is 0 Å². The van der Waals surface area contributed by atoms with Gasteiger partial charge >= 0.3 is 6.18 Å². The molecule has 0 aliphatic carbocycles. The van der Waals surface area contributed by atoms with E-state index >= 15 is 0 Å². The van der Waals surface area contributed by atoms with Gasteiger partial charge in [-0.1, -0.05) is 17.7 Å². The van der Waals surface area contributed by atoms with Crippen molar-refractivity contribution in [1.82, 2.24) is 4.72 Å². The van der Waals surface area contributed by atoms with Crippen LogP contribution in [0, 0.1) is 0 Å². The van der Waals surface area contributed by atoms with Crippen molar-refractivity contribution in [3.8, 4) is 0 Å². The van der Waals surface area contributed by atoms with Crippen LogP contribution >= 0.6 is 11.6 Å². The van der Waals surface area contributed by atoms with Crippen molar-refractivity contribution in [3.05, 3.63) is 58.6 Å². The molecule has 0 heterocycles. The molecule has 0 bridgehead atoms. The number of halogens is 4. The lowest BCUT2D eigenvalue weighted by Crippen LogP contribution is -2.30. The Morgan fingerprint density at radius 2 is 1.78 bits per heavy atom. The molecule has 0 saturated heterocycles. The molecule has 2 N–H and O–H groups in total. The van der Waals surface area contributed by atoms with E-state index in [-0.39, 0.29) is 27.2 Å². The topological polar surface area (TPSA) is 75.3 Å². The summed E-state index contributed by atoms with van der Waals surface area (Å²) in [5.41, 5.74) is -1.20. The van der Waals surface area contributed by atoms with Gasteiger partial charge in [0.25, 0.3) is 5.91 Å². The summed E-state index contributed by atoms with van der Waals surface area (Å²) in [6.07, 6.45) is -4.56. The molecular weight excluding hydrogens is 405 g/mol. The van der Waals surface area contributed by atoms with Gasteiger partial charge in [0, 0.05) is 11.7 Å². The van der Waals surface area contributed by atoms with Gasteiger partial charge in [-0.3, -0.25) is 4.79 Å². The smallest absolute Gasteiger partial charge is 0.322 e. The molecule has 146 valence electrons. The lowest BCUT2D eigenvalue weighted by atomic mass is 10.1. The highest BCUT2D eigenvalue weighted by Gasteiger charge is 2.30. The first-order valence-electron chi connectivity index (χ1n) is 7.70. The van der Waals surface area contributed by atoms with Crippen LogP contribution in [0.4, 0.5) is 18.9 Å². The van der Waals surface area contributed by atoms with Crippen molar-refractivity contribution in [2.75, 3.05) is 5.32 Å². The van der Waals surface area contributed by atoms with Crippen molar-refractivity contribution < 1.29 is 26.4 Å². The van der Waals surface area contributed by atoms with E-state index in [1.165, 1.54) is 18.2 Å². The molecule has 2 aromatic rings. The highest BCUT2D eigenvalue weighted by atomic mass is 35.5. The van der Waals surface area contributed by atoms with Gasteiger partial charge < -0.3 is 5.32 Å². The van der Waals surface area contributed by atoms with Crippen molar-refractivity contribution >= 4 is 33.2 Å². The zero-order chi connectivity index (χ0) is 20.4. The predicted molar refractivity (Wildman–Crippen MR) is 96.3 cm³/mol. The number of alkyl halides is 3. The summed E-state index contributed by atoms with van der Waals surface area (Å²) >= 11 is 5.96. The molecule has 0 spiro atoms. The number of benzene rings is 2. The third kappa shape index (κ3) is 5.44. The SMILES string of the molecule is CC(C)NS(=O)(=O)c1ccc(Cl)c(C(=O)Nc2cccc(C(F)(F)F)c2)c1. The largest absolute Gasteiger partial charge is 0.416 e. The van der Waals surface area contributed by atoms with E-state index in [0.29, 0.717) is 0 Å². The van der Waals surface area contributed by atoms with Crippen molar-refractivity contribution in [1.29, 1.82) is 0 Å². The fraction of sp³-hybridized carbons (Fsp3) is 0.235. The molecular formula is C17H16ClF3N2O3S. The highest BCUT2D eigenvalue weighted by Crippen LogP contribution is 2.31. The summed E-state index contributed by atoms with van der Waals surface area (Å²) in [5.74, 6) is -0.832. The van der Waals surface area contributed by atoms with Gasteiger partial charge in [-0.2, -0.15) is 13.2 Å². The second kappa shape index (κ2) is 7.87. The molecule has 0 saturated carbocycles. The number of amides is 1. The molecule has 5 nitrogen and oxygen atoms in total. The van der Waals surface area contributed by atoms with Crippen LogP contribution in [-0.4, -0.2) is 20.4 Å². The van der Waals surface area contributed by atoms with Crippen LogP contribution in [0.3, 0.4) is 0 Å². The Labute approximate surface area is 159 Å². The van der Waals surface area contributed by atoms with E-state index in [0.717, 1.165) is 24.3 Å². The molecule has 0 aliphatic rings. The first-order valence-corrected chi connectivity index (χ1v) is 9.57. The molecule has 2 aromatic carbocycles. The first-order chi connectivity index (χ1) is 12.4. The quantitative estimate of drug-likeness (QED) is 0.757. The number of hydrogen-bond donors (Lipinski definition) is 2. The Kier molecular flexibility index (Phi) is 6.18. The number of sulfonamides is 1. The maximum atomic E-state index is 12.8. The van der Waals surface area contributed by atoms with Crippen molar-refractivity contribution in [2.24, 2.45) is 0 Å². The minimum atomic E-state index is -4.56. The van der Waals surface area contributed by atoms with E-state index in [9.17, 15) is 26.4 Å². The van der Waals surface area contributed by atoms with Gasteiger partial charge in [0.2, 0.25) is 10.0 Å². The number of hydrogen-bond acceptors (Lipinski definition) is 3. The van der Waals surface area contributed by atoms with Crippen LogP contribution in [0.2, 0.25) is 5.02 Å². The van der Waals surface area contributed by atoms with Crippen LogP contribution in [-0.2, 0) is 16.2 Å². The maximum absolute atomic E-state index is 12.8. The number of anilines is 1. The molecule has 0 unspecified atom stereocenters. The van der Waals surface area contributed by atoms with E-state index in [1.807, 2.05) is 0 Å². The standard InChI is InChI=1S/C17H16ClF3N2O3S/c1-10(2)23-27(25,26)13-6-7-15(18)14(9-13)16(24)22-12-5-3-4-11(8-12)17(19,20)21/h3-10,23H,1-2H3,(H,22,24). The second-order valence-electron chi connectivity index (χ2n) is 5.95. The van der Waals surface area contributed by atoms with Crippen LogP contribution < -0.4 is 10.0 Å². The van der Waals surface area contributed by atoms with Gasteiger partial charge in [-0.25, -0.2) is 13.1 Å². The summed E-state index contributed by atoms with van der Waals surface area (Å²) in [4.78, 5) is 12.2.